The third-order valence-electron chi connectivity index (χ3n) is 5.14. The Morgan fingerprint density at radius 1 is 0.800 bits per heavy atom. The highest BCUT2D eigenvalue weighted by Gasteiger charge is 2.23. The minimum atomic E-state index is -0.596. The normalized spacial score (nSPS) is 11.5. The van der Waals surface area contributed by atoms with Gasteiger partial charge in [0.15, 0.2) is 0 Å². The molecule has 1 atom stereocenters. The van der Waals surface area contributed by atoms with E-state index < -0.39 is 11.1 Å². The predicted molar refractivity (Wildman–Crippen MR) is 140 cm³/mol. The number of nitrogens with one attached hydrogen (secondary N) is 2. The van der Waals surface area contributed by atoms with Gasteiger partial charge in [-0.3, -0.25) is 9.59 Å². The Hall–Kier alpha value is -3.61. The third kappa shape index (κ3) is 6.94. The predicted octanol–water partition coefficient (Wildman–Crippen LogP) is 7.13. The fraction of sp³-hybridized carbons (Fsp3) is 0.0714. The molecular formula is C28H22ClFN2O2S. The van der Waals surface area contributed by atoms with Gasteiger partial charge in [-0.25, -0.2) is 4.39 Å². The summed E-state index contributed by atoms with van der Waals surface area (Å²) in [7, 11) is 0. The Balaban J connectivity index is 1.44. The highest BCUT2D eigenvalue weighted by molar-refractivity contribution is 8.00. The molecule has 0 radical (unpaired) electrons. The molecule has 2 amide bonds. The van der Waals surface area contributed by atoms with E-state index in [2.05, 4.69) is 10.6 Å². The number of carbonyl (C=O) groups is 2. The van der Waals surface area contributed by atoms with Crippen LogP contribution in [0.15, 0.2) is 108 Å². The van der Waals surface area contributed by atoms with Gasteiger partial charge in [-0.2, -0.15) is 0 Å². The maximum Gasteiger partial charge on any atom is 0.242 e. The highest BCUT2D eigenvalue weighted by atomic mass is 35.5. The van der Waals surface area contributed by atoms with Gasteiger partial charge in [0, 0.05) is 15.6 Å². The number of halogens is 2. The molecule has 0 aliphatic carbocycles. The second-order valence-corrected chi connectivity index (χ2v) is 9.37. The molecule has 0 saturated heterocycles. The Bertz CT molecular complexity index is 1300. The number of para-hydroxylation sites is 1. The van der Waals surface area contributed by atoms with E-state index in [4.69, 9.17) is 11.6 Å². The second-order valence-electron chi connectivity index (χ2n) is 7.75. The van der Waals surface area contributed by atoms with Crippen molar-refractivity contribution in [3.05, 3.63) is 125 Å². The summed E-state index contributed by atoms with van der Waals surface area (Å²) in [6, 6.07) is 29.8. The van der Waals surface area contributed by atoms with Gasteiger partial charge in [-0.1, -0.05) is 66.2 Å². The standard InChI is InChI=1S/C28H22ClFN2O2S/c29-21-12-10-19(11-13-21)18-26(33)31-22-14-16-23(17-15-22)35-27(20-6-2-1-3-7-20)28(34)32-25-9-5-4-8-24(25)30/h1-17,27H,18H2,(H,31,33)(H,32,34). The van der Waals surface area contributed by atoms with Crippen LogP contribution in [0.25, 0.3) is 0 Å². The monoisotopic (exact) mass is 504 g/mol. The molecule has 4 aromatic carbocycles. The van der Waals surface area contributed by atoms with Crippen LogP contribution in [-0.4, -0.2) is 11.8 Å². The summed E-state index contributed by atoms with van der Waals surface area (Å²) in [4.78, 5) is 26.3. The lowest BCUT2D eigenvalue weighted by Gasteiger charge is -2.17. The number of hydrogen-bond acceptors (Lipinski definition) is 3. The SMILES string of the molecule is O=C(Cc1ccc(Cl)cc1)Nc1ccc(SC(C(=O)Nc2ccccc2F)c2ccccc2)cc1. The van der Waals surface area contributed by atoms with Crippen LogP contribution in [0.1, 0.15) is 16.4 Å². The lowest BCUT2D eigenvalue weighted by molar-refractivity contribution is -0.116. The van der Waals surface area contributed by atoms with Crippen molar-refractivity contribution in [1.29, 1.82) is 0 Å². The van der Waals surface area contributed by atoms with Crippen molar-refractivity contribution >= 4 is 46.6 Å². The molecule has 4 nitrogen and oxygen atoms in total. The van der Waals surface area contributed by atoms with E-state index in [0.717, 1.165) is 16.0 Å². The largest absolute Gasteiger partial charge is 0.326 e. The summed E-state index contributed by atoms with van der Waals surface area (Å²) in [6.45, 7) is 0. The second kappa shape index (κ2) is 11.7. The molecule has 1 unspecified atom stereocenters. The molecule has 0 aliphatic rings. The van der Waals surface area contributed by atoms with Gasteiger partial charge in [0.1, 0.15) is 11.1 Å². The van der Waals surface area contributed by atoms with Gasteiger partial charge in [0.05, 0.1) is 12.1 Å². The quantitative estimate of drug-likeness (QED) is 0.251. The minimum Gasteiger partial charge on any atom is -0.326 e. The summed E-state index contributed by atoms with van der Waals surface area (Å²) in [5, 5.41) is 5.60. The molecule has 0 heterocycles. The molecule has 2 N–H and O–H groups in total. The molecule has 0 fully saturated rings. The maximum absolute atomic E-state index is 14.1. The van der Waals surface area contributed by atoms with Crippen molar-refractivity contribution in [2.24, 2.45) is 0 Å². The van der Waals surface area contributed by atoms with E-state index in [1.807, 2.05) is 54.6 Å². The molecule has 0 bridgehead atoms. The first-order valence-electron chi connectivity index (χ1n) is 10.9. The van der Waals surface area contributed by atoms with Crippen molar-refractivity contribution in [3.8, 4) is 0 Å². The van der Waals surface area contributed by atoms with Crippen LogP contribution in [0.4, 0.5) is 15.8 Å². The van der Waals surface area contributed by atoms with Gasteiger partial charge in [0.25, 0.3) is 0 Å². The lowest BCUT2D eigenvalue weighted by Crippen LogP contribution is -2.19. The molecule has 0 aromatic heterocycles. The molecule has 176 valence electrons. The summed E-state index contributed by atoms with van der Waals surface area (Å²) < 4.78 is 14.1. The van der Waals surface area contributed by atoms with Crippen molar-refractivity contribution in [1.82, 2.24) is 0 Å². The number of benzene rings is 4. The summed E-state index contributed by atoms with van der Waals surface area (Å²) in [5.41, 5.74) is 2.45. The molecule has 0 aliphatic heterocycles. The molecule has 4 rings (SSSR count). The van der Waals surface area contributed by atoms with E-state index >= 15 is 0 Å². The van der Waals surface area contributed by atoms with Crippen LogP contribution in [0.3, 0.4) is 0 Å². The number of hydrogen-bond donors (Lipinski definition) is 2. The fourth-order valence-corrected chi connectivity index (χ4v) is 4.56. The lowest BCUT2D eigenvalue weighted by atomic mass is 10.1. The number of rotatable bonds is 8. The first-order chi connectivity index (χ1) is 17.0. The van der Waals surface area contributed by atoms with Crippen molar-refractivity contribution in [2.75, 3.05) is 10.6 Å². The molecular weight excluding hydrogens is 483 g/mol. The highest BCUT2D eigenvalue weighted by Crippen LogP contribution is 2.37. The van der Waals surface area contributed by atoms with Crippen LogP contribution >= 0.6 is 23.4 Å². The molecule has 0 spiro atoms. The molecule has 35 heavy (non-hydrogen) atoms. The van der Waals surface area contributed by atoms with Crippen molar-refractivity contribution in [2.45, 2.75) is 16.6 Å². The summed E-state index contributed by atoms with van der Waals surface area (Å²) in [5.74, 6) is -0.956. The zero-order chi connectivity index (χ0) is 24.6. The first-order valence-corrected chi connectivity index (χ1v) is 12.1. The van der Waals surface area contributed by atoms with E-state index in [0.29, 0.717) is 10.7 Å². The fourth-order valence-electron chi connectivity index (χ4n) is 3.41. The topological polar surface area (TPSA) is 58.2 Å². The maximum atomic E-state index is 14.1. The van der Waals surface area contributed by atoms with Gasteiger partial charge in [-0.15, -0.1) is 11.8 Å². The average molecular weight is 505 g/mol. The van der Waals surface area contributed by atoms with E-state index in [9.17, 15) is 14.0 Å². The molecule has 4 aromatic rings. The van der Waals surface area contributed by atoms with Gasteiger partial charge < -0.3 is 10.6 Å². The van der Waals surface area contributed by atoms with Crippen LogP contribution in [0, 0.1) is 5.82 Å². The van der Waals surface area contributed by atoms with Crippen molar-refractivity contribution < 1.29 is 14.0 Å². The summed E-state index contributed by atoms with van der Waals surface area (Å²) >= 11 is 7.24. The molecule has 7 heteroatoms. The zero-order valence-electron chi connectivity index (χ0n) is 18.6. The van der Waals surface area contributed by atoms with E-state index in [-0.39, 0.29) is 23.9 Å². The number of carbonyl (C=O) groups excluding carboxylic acids is 2. The smallest absolute Gasteiger partial charge is 0.242 e. The Labute approximate surface area is 212 Å². The molecule has 0 saturated carbocycles. The van der Waals surface area contributed by atoms with Crippen LogP contribution < -0.4 is 10.6 Å². The third-order valence-corrected chi connectivity index (χ3v) is 6.66. The Morgan fingerprint density at radius 2 is 1.46 bits per heavy atom. The number of thioether (sulfide) groups is 1. The van der Waals surface area contributed by atoms with Gasteiger partial charge in [0.2, 0.25) is 11.8 Å². The van der Waals surface area contributed by atoms with Crippen LogP contribution in [0.5, 0.6) is 0 Å². The summed E-state index contributed by atoms with van der Waals surface area (Å²) in [6.07, 6.45) is 0.236. The zero-order valence-corrected chi connectivity index (χ0v) is 20.2. The van der Waals surface area contributed by atoms with Crippen LogP contribution in [-0.2, 0) is 16.0 Å². The van der Waals surface area contributed by atoms with Crippen molar-refractivity contribution in [3.63, 3.8) is 0 Å². The number of amides is 2. The minimum absolute atomic E-state index is 0.137. The number of anilines is 2. The Kier molecular flexibility index (Phi) is 8.19. The van der Waals surface area contributed by atoms with E-state index in [1.165, 1.54) is 23.9 Å². The van der Waals surface area contributed by atoms with Crippen LogP contribution in [0.2, 0.25) is 5.02 Å². The van der Waals surface area contributed by atoms with Gasteiger partial charge >= 0.3 is 0 Å². The average Bonchev–Trinajstić information content (AvgIpc) is 2.87. The van der Waals surface area contributed by atoms with Gasteiger partial charge in [-0.05, 0) is 59.7 Å². The first kappa shape index (κ1) is 24.5. The Morgan fingerprint density at radius 3 is 2.14 bits per heavy atom. The van der Waals surface area contributed by atoms with E-state index in [1.54, 1.807) is 36.4 Å².